The van der Waals surface area contributed by atoms with Crippen molar-refractivity contribution in [1.82, 2.24) is 19.8 Å². The Morgan fingerprint density at radius 3 is 2.25 bits per heavy atom. The second-order valence-electron chi connectivity index (χ2n) is 9.27. The molecular formula is C25H34FN5O. The van der Waals surface area contributed by atoms with Crippen LogP contribution in [0.15, 0.2) is 36.5 Å². The fourth-order valence-electron chi connectivity index (χ4n) is 4.73. The monoisotopic (exact) mass is 439 g/mol. The summed E-state index contributed by atoms with van der Waals surface area (Å²) in [5, 5.41) is 0. The Balaban J connectivity index is 1.28. The molecule has 4 rings (SSSR count). The molecule has 6 nitrogen and oxygen atoms in total. The van der Waals surface area contributed by atoms with Gasteiger partial charge >= 0.3 is 0 Å². The zero-order valence-corrected chi connectivity index (χ0v) is 19.4. The van der Waals surface area contributed by atoms with Gasteiger partial charge in [-0.15, -0.1) is 0 Å². The molecule has 0 spiro atoms. The summed E-state index contributed by atoms with van der Waals surface area (Å²) in [6.45, 7) is 11.2. The minimum atomic E-state index is -0.213. The molecule has 2 aromatic rings. The Labute approximate surface area is 190 Å². The standard InChI is InChI=1S/C25H34FN5O/c1-18(2)24-27-11-8-23(28-24)20-9-12-31(13-10-20)25(32)19(3)29-14-16-30(17-15-29)22-6-4-21(26)5-7-22/h4-8,11,18-20H,9-10,12-17H2,1-3H3/t19-/m1/s1. The molecule has 7 heteroatoms. The summed E-state index contributed by atoms with van der Waals surface area (Å²) in [5.74, 6) is 1.63. The maximum atomic E-state index is 13.2. The van der Waals surface area contributed by atoms with Crippen molar-refractivity contribution in [3.63, 3.8) is 0 Å². The number of nitrogens with zero attached hydrogens (tertiary/aromatic N) is 5. The molecule has 1 aromatic heterocycles. The van der Waals surface area contributed by atoms with Crippen molar-refractivity contribution in [3.8, 4) is 0 Å². The summed E-state index contributed by atoms with van der Waals surface area (Å²) < 4.78 is 13.2. The highest BCUT2D eigenvalue weighted by molar-refractivity contribution is 5.81. The molecule has 0 saturated carbocycles. The summed E-state index contributed by atoms with van der Waals surface area (Å²) in [6.07, 6.45) is 3.76. The summed E-state index contributed by atoms with van der Waals surface area (Å²) >= 11 is 0. The number of likely N-dealkylation sites (tertiary alicyclic amines) is 1. The second-order valence-corrected chi connectivity index (χ2v) is 9.27. The van der Waals surface area contributed by atoms with E-state index < -0.39 is 0 Å². The van der Waals surface area contributed by atoms with Crippen LogP contribution in [0.2, 0.25) is 0 Å². The lowest BCUT2D eigenvalue weighted by atomic mass is 9.92. The van der Waals surface area contributed by atoms with Crippen LogP contribution >= 0.6 is 0 Å². The number of amides is 1. The summed E-state index contributed by atoms with van der Waals surface area (Å²) in [4.78, 5) is 28.9. The van der Waals surface area contributed by atoms with E-state index in [-0.39, 0.29) is 17.8 Å². The van der Waals surface area contributed by atoms with Crippen LogP contribution in [0.25, 0.3) is 0 Å². The van der Waals surface area contributed by atoms with Gasteiger partial charge in [-0.3, -0.25) is 9.69 Å². The quantitative estimate of drug-likeness (QED) is 0.712. The molecule has 0 N–H and O–H groups in total. The number of rotatable bonds is 5. The molecule has 0 radical (unpaired) electrons. The van der Waals surface area contributed by atoms with E-state index in [0.29, 0.717) is 11.8 Å². The van der Waals surface area contributed by atoms with Crippen molar-refractivity contribution in [2.75, 3.05) is 44.2 Å². The van der Waals surface area contributed by atoms with Crippen LogP contribution in [0, 0.1) is 5.82 Å². The van der Waals surface area contributed by atoms with E-state index in [4.69, 9.17) is 4.98 Å². The van der Waals surface area contributed by atoms with Gasteiger partial charge in [0.2, 0.25) is 5.91 Å². The molecule has 172 valence electrons. The molecule has 2 aliphatic rings. The third kappa shape index (κ3) is 5.09. The fourth-order valence-corrected chi connectivity index (χ4v) is 4.73. The molecule has 1 atom stereocenters. The predicted molar refractivity (Wildman–Crippen MR) is 124 cm³/mol. The van der Waals surface area contributed by atoms with E-state index in [1.54, 1.807) is 0 Å². The van der Waals surface area contributed by atoms with Gasteiger partial charge in [0.05, 0.1) is 6.04 Å². The zero-order chi connectivity index (χ0) is 22.7. The number of carbonyl (C=O) groups is 1. The van der Waals surface area contributed by atoms with Crippen LogP contribution in [0.3, 0.4) is 0 Å². The van der Waals surface area contributed by atoms with Gasteiger partial charge in [-0.1, -0.05) is 13.8 Å². The van der Waals surface area contributed by atoms with Crippen molar-refractivity contribution < 1.29 is 9.18 Å². The Kier molecular flexibility index (Phi) is 7.04. The van der Waals surface area contributed by atoms with Crippen molar-refractivity contribution in [2.45, 2.75) is 51.5 Å². The molecule has 0 aliphatic carbocycles. The second kappa shape index (κ2) is 9.94. The molecular weight excluding hydrogens is 405 g/mol. The minimum absolute atomic E-state index is 0.117. The average Bonchev–Trinajstić information content (AvgIpc) is 2.84. The van der Waals surface area contributed by atoms with E-state index in [0.717, 1.165) is 69.3 Å². The Morgan fingerprint density at radius 2 is 1.62 bits per heavy atom. The van der Waals surface area contributed by atoms with Gasteiger partial charge in [0, 0.05) is 68.7 Å². The fraction of sp³-hybridized carbons (Fsp3) is 0.560. The van der Waals surface area contributed by atoms with Gasteiger partial charge < -0.3 is 9.80 Å². The lowest BCUT2D eigenvalue weighted by Crippen LogP contribution is -2.55. The van der Waals surface area contributed by atoms with Gasteiger partial charge in [-0.2, -0.15) is 0 Å². The van der Waals surface area contributed by atoms with Crippen LogP contribution < -0.4 is 4.90 Å². The van der Waals surface area contributed by atoms with E-state index in [1.165, 1.54) is 12.1 Å². The smallest absolute Gasteiger partial charge is 0.239 e. The number of aromatic nitrogens is 2. The largest absolute Gasteiger partial charge is 0.369 e. The van der Waals surface area contributed by atoms with Gasteiger partial charge in [-0.05, 0) is 50.1 Å². The number of halogens is 1. The van der Waals surface area contributed by atoms with Gasteiger partial charge in [0.15, 0.2) is 0 Å². The Bertz CT molecular complexity index is 903. The molecule has 2 saturated heterocycles. The molecule has 1 aromatic carbocycles. The number of piperidine rings is 1. The van der Waals surface area contributed by atoms with Crippen molar-refractivity contribution in [3.05, 3.63) is 53.9 Å². The van der Waals surface area contributed by atoms with Crippen LogP contribution in [0.4, 0.5) is 10.1 Å². The topological polar surface area (TPSA) is 52.6 Å². The Morgan fingerprint density at radius 1 is 0.969 bits per heavy atom. The molecule has 0 bridgehead atoms. The van der Waals surface area contributed by atoms with Gasteiger partial charge in [-0.25, -0.2) is 14.4 Å². The first-order chi connectivity index (χ1) is 15.4. The van der Waals surface area contributed by atoms with Crippen molar-refractivity contribution in [1.29, 1.82) is 0 Å². The van der Waals surface area contributed by atoms with Crippen LogP contribution in [-0.2, 0) is 4.79 Å². The maximum absolute atomic E-state index is 13.2. The van der Waals surface area contributed by atoms with E-state index >= 15 is 0 Å². The first kappa shape index (κ1) is 22.6. The normalized spacial score (nSPS) is 19.4. The lowest BCUT2D eigenvalue weighted by Gasteiger charge is -2.41. The highest BCUT2D eigenvalue weighted by Gasteiger charge is 2.31. The third-order valence-electron chi connectivity index (χ3n) is 6.85. The molecule has 0 unspecified atom stereocenters. The SMILES string of the molecule is CC(C)c1nccc(C2CCN(C(=O)[C@@H](C)N3CCN(c4ccc(F)cc4)CC3)CC2)n1. The van der Waals surface area contributed by atoms with Crippen LogP contribution in [0.5, 0.6) is 0 Å². The molecule has 32 heavy (non-hydrogen) atoms. The highest BCUT2D eigenvalue weighted by atomic mass is 19.1. The van der Waals surface area contributed by atoms with Gasteiger partial charge in [0.25, 0.3) is 0 Å². The molecule has 2 fully saturated rings. The lowest BCUT2D eigenvalue weighted by molar-refractivity contribution is -0.137. The van der Waals surface area contributed by atoms with E-state index in [9.17, 15) is 9.18 Å². The number of anilines is 1. The first-order valence-corrected chi connectivity index (χ1v) is 11.8. The summed E-state index contributed by atoms with van der Waals surface area (Å²) in [5.41, 5.74) is 2.15. The van der Waals surface area contributed by atoms with Crippen LogP contribution in [-0.4, -0.2) is 71.0 Å². The maximum Gasteiger partial charge on any atom is 0.239 e. The number of benzene rings is 1. The average molecular weight is 440 g/mol. The van der Waals surface area contributed by atoms with Crippen LogP contribution in [0.1, 0.15) is 57.0 Å². The van der Waals surface area contributed by atoms with Crippen molar-refractivity contribution >= 4 is 11.6 Å². The van der Waals surface area contributed by atoms with E-state index in [1.807, 2.05) is 36.2 Å². The number of carbonyl (C=O) groups excluding carboxylic acids is 1. The molecule has 1 amide bonds. The van der Waals surface area contributed by atoms with Gasteiger partial charge in [0.1, 0.15) is 11.6 Å². The van der Waals surface area contributed by atoms with E-state index in [2.05, 4.69) is 28.6 Å². The third-order valence-corrected chi connectivity index (χ3v) is 6.85. The Hall–Kier alpha value is -2.54. The number of hydrogen-bond acceptors (Lipinski definition) is 5. The first-order valence-electron chi connectivity index (χ1n) is 11.8. The summed E-state index contributed by atoms with van der Waals surface area (Å²) in [7, 11) is 0. The number of hydrogen-bond donors (Lipinski definition) is 0. The number of piperazine rings is 1. The zero-order valence-electron chi connectivity index (χ0n) is 19.4. The summed E-state index contributed by atoms with van der Waals surface area (Å²) in [6, 6.07) is 8.56. The van der Waals surface area contributed by atoms with Crippen molar-refractivity contribution in [2.24, 2.45) is 0 Å². The molecule has 3 heterocycles. The highest BCUT2D eigenvalue weighted by Crippen LogP contribution is 2.28. The predicted octanol–water partition coefficient (Wildman–Crippen LogP) is 3.66. The minimum Gasteiger partial charge on any atom is -0.369 e. The molecule has 2 aliphatic heterocycles.